The number of hydrogen-bond acceptors (Lipinski definition) is 4. The molecular weight excluding hydrogens is 309 g/mol. The molecule has 0 bridgehead atoms. The van der Waals surface area contributed by atoms with Gasteiger partial charge in [-0.05, 0) is 28.7 Å². The Bertz CT molecular complexity index is 393. The van der Waals surface area contributed by atoms with Crippen LogP contribution in [0.4, 0.5) is 11.4 Å². The highest BCUT2D eigenvalue weighted by Crippen LogP contribution is 2.24. The van der Waals surface area contributed by atoms with E-state index in [1.807, 2.05) is 0 Å². The fraction of sp³-hybridized carbons (Fsp3) is 0.333. The van der Waals surface area contributed by atoms with E-state index in [1.165, 1.54) is 6.07 Å². The molecule has 2 rings (SSSR count). The average molecular weight is 319 g/mol. The number of nitro groups is 1. The number of nitrogens with one attached hydrogen (secondary N) is 2. The van der Waals surface area contributed by atoms with Crippen LogP contribution < -0.4 is 10.6 Å². The summed E-state index contributed by atoms with van der Waals surface area (Å²) in [4.78, 5) is 10.1. The molecule has 15 heavy (non-hydrogen) atoms. The average Bonchev–Trinajstić information content (AvgIpc) is 2.12. The molecule has 5 nitrogen and oxygen atoms in total. The zero-order chi connectivity index (χ0) is 10.8. The maximum atomic E-state index is 10.5. The Morgan fingerprint density at radius 3 is 2.73 bits per heavy atom. The van der Waals surface area contributed by atoms with Gasteiger partial charge in [-0.2, -0.15) is 0 Å². The molecule has 1 aliphatic rings. The van der Waals surface area contributed by atoms with Gasteiger partial charge in [0.1, 0.15) is 0 Å². The predicted molar refractivity (Wildman–Crippen MR) is 66.1 cm³/mol. The molecule has 0 radical (unpaired) electrons. The lowest BCUT2D eigenvalue weighted by Crippen LogP contribution is -2.51. The number of nitro benzene ring substituents is 1. The lowest BCUT2D eigenvalue weighted by molar-refractivity contribution is -0.384. The van der Waals surface area contributed by atoms with Gasteiger partial charge in [-0.1, -0.05) is 0 Å². The maximum Gasteiger partial charge on any atom is 0.270 e. The van der Waals surface area contributed by atoms with Crippen molar-refractivity contribution in [3.8, 4) is 0 Å². The Balaban J connectivity index is 2.14. The normalized spacial score (nSPS) is 15.8. The van der Waals surface area contributed by atoms with Crippen molar-refractivity contribution >= 4 is 34.0 Å². The minimum atomic E-state index is -0.378. The van der Waals surface area contributed by atoms with Crippen LogP contribution in [0.15, 0.2) is 18.2 Å². The molecular formula is C9H10IN3O2. The monoisotopic (exact) mass is 319 g/mol. The van der Waals surface area contributed by atoms with Crippen molar-refractivity contribution in [1.82, 2.24) is 5.32 Å². The molecule has 2 N–H and O–H groups in total. The lowest BCUT2D eigenvalue weighted by atomic mass is 10.1. The molecule has 0 saturated carbocycles. The molecule has 0 atom stereocenters. The number of anilines is 1. The molecule has 0 spiro atoms. The molecule has 80 valence electrons. The van der Waals surface area contributed by atoms with Crippen LogP contribution in [0.2, 0.25) is 0 Å². The smallest absolute Gasteiger partial charge is 0.270 e. The van der Waals surface area contributed by atoms with E-state index in [0.717, 1.165) is 22.3 Å². The molecule has 0 amide bonds. The second kappa shape index (κ2) is 4.31. The van der Waals surface area contributed by atoms with E-state index < -0.39 is 0 Å². The molecule has 6 heteroatoms. The molecule has 0 aromatic heterocycles. The van der Waals surface area contributed by atoms with Crippen LogP contribution in [0.1, 0.15) is 0 Å². The third-order valence-corrected chi connectivity index (χ3v) is 3.20. The van der Waals surface area contributed by atoms with Crippen LogP contribution in [0.3, 0.4) is 0 Å². The standard InChI is InChI=1S/C9H10IN3O2/c10-8-3-7(13(14)15)1-2-9(8)12-6-4-11-5-6/h1-3,6,11-12H,4-5H2. The van der Waals surface area contributed by atoms with E-state index in [1.54, 1.807) is 12.1 Å². The molecule has 1 aromatic carbocycles. The number of nitrogens with zero attached hydrogens (tertiary/aromatic N) is 1. The molecule has 1 aliphatic heterocycles. The summed E-state index contributed by atoms with van der Waals surface area (Å²) in [5.41, 5.74) is 1.10. The van der Waals surface area contributed by atoms with Gasteiger partial charge < -0.3 is 10.6 Å². The molecule has 0 aliphatic carbocycles. The summed E-state index contributed by atoms with van der Waals surface area (Å²) < 4.78 is 0.883. The second-order valence-corrected chi connectivity index (χ2v) is 4.58. The van der Waals surface area contributed by atoms with Crippen LogP contribution in [0.25, 0.3) is 0 Å². The third-order valence-electron chi connectivity index (χ3n) is 2.30. The molecule has 1 aromatic rings. The van der Waals surface area contributed by atoms with Gasteiger partial charge >= 0.3 is 0 Å². The van der Waals surface area contributed by atoms with Crippen LogP contribution in [-0.2, 0) is 0 Å². The van der Waals surface area contributed by atoms with E-state index in [0.29, 0.717) is 6.04 Å². The highest BCUT2D eigenvalue weighted by atomic mass is 127. The van der Waals surface area contributed by atoms with Gasteiger partial charge in [0.05, 0.1) is 11.0 Å². The number of rotatable bonds is 3. The Morgan fingerprint density at radius 2 is 2.27 bits per heavy atom. The molecule has 1 heterocycles. The van der Waals surface area contributed by atoms with Gasteiger partial charge in [0, 0.05) is 34.5 Å². The molecule has 1 saturated heterocycles. The SMILES string of the molecule is O=[N+]([O-])c1ccc(NC2CNC2)c(I)c1. The number of non-ortho nitro benzene ring substituents is 1. The fourth-order valence-electron chi connectivity index (χ4n) is 1.35. The first-order valence-electron chi connectivity index (χ1n) is 4.58. The Morgan fingerprint density at radius 1 is 1.53 bits per heavy atom. The summed E-state index contributed by atoms with van der Waals surface area (Å²) >= 11 is 2.11. The van der Waals surface area contributed by atoms with Crippen molar-refractivity contribution in [3.05, 3.63) is 31.9 Å². The second-order valence-electron chi connectivity index (χ2n) is 3.42. The first-order valence-corrected chi connectivity index (χ1v) is 5.66. The van der Waals surface area contributed by atoms with Crippen molar-refractivity contribution in [2.24, 2.45) is 0 Å². The minimum absolute atomic E-state index is 0.136. The topological polar surface area (TPSA) is 67.2 Å². The van der Waals surface area contributed by atoms with Crippen molar-refractivity contribution < 1.29 is 4.92 Å². The van der Waals surface area contributed by atoms with Gasteiger partial charge in [-0.15, -0.1) is 0 Å². The molecule has 0 unspecified atom stereocenters. The van der Waals surface area contributed by atoms with Crippen molar-refractivity contribution in [2.75, 3.05) is 18.4 Å². The van der Waals surface area contributed by atoms with Crippen LogP contribution in [0.5, 0.6) is 0 Å². The first-order chi connectivity index (χ1) is 7.16. The quantitative estimate of drug-likeness (QED) is 0.504. The van der Waals surface area contributed by atoms with Crippen molar-refractivity contribution in [3.63, 3.8) is 0 Å². The zero-order valence-electron chi connectivity index (χ0n) is 7.87. The summed E-state index contributed by atoms with van der Waals surface area (Å²) in [5.74, 6) is 0. The van der Waals surface area contributed by atoms with Crippen LogP contribution in [0, 0.1) is 13.7 Å². The van der Waals surface area contributed by atoms with Gasteiger partial charge in [0.15, 0.2) is 0 Å². The van der Waals surface area contributed by atoms with E-state index in [9.17, 15) is 10.1 Å². The Hall–Kier alpha value is -0.890. The van der Waals surface area contributed by atoms with Gasteiger partial charge in [0.25, 0.3) is 5.69 Å². The number of benzene rings is 1. The third kappa shape index (κ3) is 2.37. The zero-order valence-corrected chi connectivity index (χ0v) is 10.0. The first kappa shape index (κ1) is 10.6. The van der Waals surface area contributed by atoms with E-state index in [-0.39, 0.29) is 10.6 Å². The highest BCUT2D eigenvalue weighted by Gasteiger charge is 2.17. The summed E-state index contributed by atoms with van der Waals surface area (Å²) in [6.45, 7) is 1.90. The van der Waals surface area contributed by atoms with E-state index in [2.05, 4.69) is 33.2 Å². The minimum Gasteiger partial charge on any atom is -0.379 e. The van der Waals surface area contributed by atoms with E-state index in [4.69, 9.17) is 0 Å². The highest BCUT2D eigenvalue weighted by molar-refractivity contribution is 14.1. The van der Waals surface area contributed by atoms with Crippen molar-refractivity contribution in [2.45, 2.75) is 6.04 Å². The maximum absolute atomic E-state index is 10.5. The van der Waals surface area contributed by atoms with Crippen molar-refractivity contribution in [1.29, 1.82) is 0 Å². The van der Waals surface area contributed by atoms with Gasteiger partial charge in [-0.3, -0.25) is 10.1 Å². The fourth-order valence-corrected chi connectivity index (χ4v) is 2.00. The van der Waals surface area contributed by atoms with Gasteiger partial charge in [-0.25, -0.2) is 0 Å². The summed E-state index contributed by atoms with van der Waals surface area (Å²) in [6, 6.07) is 5.31. The van der Waals surface area contributed by atoms with Gasteiger partial charge in [0.2, 0.25) is 0 Å². The largest absolute Gasteiger partial charge is 0.379 e. The number of halogens is 1. The number of hydrogen-bond donors (Lipinski definition) is 2. The Labute approximate surface area is 101 Å². The summed E-state index contributed by atoms with van der Waals surface area (Å²) in [6.07, 6.45) is 0. The van der Waals surface area contributed by atoms with Crippen LogP contribution >= 0.6 is 22.6 Å². The Kier molecular flexibility index (Phi) is 3.06. The molecule has 1 fully saturated rings. The predicted octanol–water partition coefficient (Wildman–Crippen LogP) is 1.58. The lowest BCUT2D eigenvalue weighted by Gasteiger charge is -2.29. The summed E-state index contributed by atoms with van der Waals surface area (Å²) in [5, 5.41) is 17.0. The van der Waals surface area contributed by atoms with E-state index >= 15 is 0 Å². The van der Waals surface area contributed by atoms with Crippen LogP contribution in [-0.4, -0.2) is 24.1 Å². The summed E-state index contributed by atoms with van der Waals surface area (Å²) in [7, 11) is 0.